The Morgan fingerprint density at radius 1 is 1.25 bits per heavy atom. The maximum absolute atomic E-state index is 11.7. The van der Waals surface area contributed by atoms with Crippen molar-refractivity contribution in [1.29, 1.82) is 0 Å². The number of carbonyl (C=O) groups excluding carboxylic acids is 2. The van der Waals surface area contributed by atoms with Gasteiger partial charge in [-0.25, -0.2) is 9.69 Å². The van der Waals surface area contributed by atoms with Crippen LogP contribution >= 0.6 is 0 Å². The molecule has 0 aromatic heterocycles. The molecule has 0 fully saturated rings. The van der Waals surface area contributed by atoms with Crippen molar-refractivity contribution in [3.8, 4) is 0 Å². The Hall–Kier alpha value is -1.36. The Morgan fingerprint density at radius 3 is 2.19 bits per heavy atom. The molecule has 0 aromatic carbocycles. The molecule has 0 saturated heterocycles. The molecule has 0 heterocycles. The molecule has 0 aliphatic rings. The summed E-state index contributed by atoms with van der Waals surface area (Å²) in [5, 5.41) is 0. The van der Waals surface area contributed by atoms with Crippen LogP contribution in [-0.4, -0.2) is 55.6 Å². The first-order valence-electron chi connectivity index (χ1n) is 5.19. The fourth-order valence-electron chi connectivity index (χ4n) is 1.01. The van der Waals surface area contributed by atoms with Crippen molar-refractivity contribution in [2.75, 3.05) is 33.8 Å². The molecule has 0 saturated carbocycles. The van der Waals surface area contributed by atoms with Crippen LogP contribution in [0.25, 0.3) is 0 Å². The average molecular weight is 228 g/mol. The molecule has 0 N–H and O–H groups in total. The van der Waals surface area contributed by atoms with Crippen LogP contribution in [0.15, 0.2) is 12.2 Å². The second-order valence-electron chi connectivity index (χ2n) is 3.74. The Labute approximate surface area is 96.7 Å². The number of hydrogen-bond donors (Lipinski definition) is 0. The number of likely N-dealkylation sites (N-methyl/N-ethyl adjacent to an activating group) is 1. The van der Waals surface area contributed by atoms with Crippen molar-refractivity contribution in [3.63, 3.8) is 0 Å². The summed E-state index contributed by atoms with van der Waals surface area (Å²) in [5.41, 5.74) is 0.326. The van der Waals surface area contributed by atoms with Crippen LogP contribution in [0.5, 0.6) is 0 Å². The van der Waals surface area contributed by atoms with Gasteiger partial charge in [0.05, 0.1) is 6.61 Å². The van der Waals surface area contributed by atoms with Gasteiger partial charge >= 0.3 is 6.09 Å². The van der Waals surface area contributed by atoms with Crippen molar-refractivity contribution >= 4 is 12.0 Å². The van der Waals surface area contributed by atoms with Gasteiger partial charge < -0.3 is 9.64 Å². The maximum Gasteiger partial charge on any atom is 0.416 e. The van der Waals surface area contributed by atoms with Gasteiger partial charge in [-0.3, -0.25) is 4.79 Å². The fraction of sp³-hybridized carbons (Fsp3) is 0.636. The van der Waals surface area contributed by atoms with Gasteiger partial charge in [-0.2, -0.15) is 0 Å². The molecule has 5 nitrogen and oxygen atoms in total. The lowest BCUT2D eigenvalue weighted by Crippen LogP contribution is -2.41. The standard InChI is InChI=1S/C11H20N2O3/c1-6-16-11(15)13(8-7-12(4)5)10(14)9(2)3/h2,6-8H2,1,3-5H3. The molecular formula is C11H20N2O3. The van der Waals surface area contributed by atoms with Gasteiger partial charge in [0, 0.05) is 18.7 Å². The van der Waals surface area contributed by atoms with Gasteiger partial charge in [-0.15, -0.1) is 0 Å². The zero-order chi connectivity index (χ0) is 12.7. The van der Waals surface area contributed by atoms with Crippen LogP contribution in [0.2, 0.25) is 0 Å². The van der Waals surface area contributed by atoms with Gasteiger partial charge in [0.2, 0.25) is 0 Å². The minimum absolute atomic E-state index is 0.251. The molecule has 92 valence electrons. The summed E-state index contributed by atoms with van der Waals surface area (Å²) >= 11 is 0. The monoisotopic (exact) mass is 228 g/mol. The lowest BCUT2D eigenvalue weighted by molar-refractivity contribution is -0.125. The first kappa shape index (κ1) is 14.6. The van der Waals surface area contributed by atoms with E-state index >= 15 is 0 Å². The predicted molar refractivity (Wildman–Crippen MR) is 62.1 cm³/mol. The summed E-state index contributed by atoms with van der Waals surface area (Å²) < 4.78 is 4.81. The predicted octanol–water partition coefficient (Wildman–Crippen LogP) is 1.11. The van der Waals surface area contributed by atoms with Crippen molar-refractivity contribution in [3.05, 3.63) is 12.2 Å². The van der Waals surface area contributed by atoms with Gasteiger partial charge in [0.15, 0.2) is 0 Å². The van der Waals surface area contributed by atoms with E-state index in [4.69, 9.17) is 4.74 Å². The zero-order valence-corrected chi connectivity index (χ0v) is 10.4. The number of carbonyl (C=O) groups is 2. The summed E-state index contributed by atoms with van der Waals surface area (Å²) in [6.07, 6.45) is -0.614. The number of amides is 2. The average Bonchev–Trinajstić information content (AvgIpc) is 2.17. The lowest BCUT2D eigenvalue weighted by atomic mass is 10.3. The highest BCUT2D eigenvalue weighted by Crippen LogP contribution is 2.02. The van der Waals surface area contributed by atoms with E-state index in [-0.39, 0.29) is 12.5 Å². The number of rotatable bonds is 5. The first-order valence-corrected chi connectivity index (χ1v) is 5.19. The lowest BCUT2D eigenvalue weighted by Gasteiger charge is -2.21. The topological polar surface area (TPSA) is 49.9 Å². The van der Waals surface area contributed by atoms with E-state index in [0.717, 1.165) is 4.90 Å². The van der Waals surface area contributed by atoms with Gasteiger partial charge in [-0.05, 0) is 27.9 Å². The zero-order valence-electron chi connectivity index (χ0n) is 10.4. The molecule has 0 rings (SSSR count). The van der Waals surface area contributed by atoms with Gasteiger partial charge in [-0.1, -0.05) is 6.58 Å². The second-order valence-corrected chi connectivity index (χ2v) is 3.74. The van der Waals surface area contributed by atoms with Crippen LogP contribution in [-0.2, 0) is 9.53 Å². The molecule has 0 bridgehead atoms. The van der Waals surface area contributed by atoms with Crippen molar-refractivity contribution in [2.45, 2.75) is 13.8 Å². The third-order valence-electron chi connectivity index (χ3n) is 1.87. The van der Waals surface area contributed by atoms with E-state index in [1.165, 1.54) is 0 Å². The highest BCUT2D eigenvalue weighted by Gasteiger charge is 2.22. The largest absolute Gasteiger partial charge is 0.449 e. The van der Waals surface area contributed by atoms with E-state index in [9.17, 15) is 9.59 Å². The summed E-state index contributed by atoms with van der Waals surface area (Å²) in [6, 6.07) is 0. The molecule has 0 spiro atoms. The highest BCUT2D eigenvalue weighted by molar-refractivity contribution is 6.01. The van der Waals surface area contributed by atoms with Crippen LogP contribution in [0.4, 0.5) is 4.79 Å². The molecule has 5 heteroatoms. The van der Waals surface area contributed by atoms with Crippen molar-refractivity contribution in [1.82, 2.24) is 9.80 Å². The Bertz CT molecular complexity index is 274. The Kier molecular flexibility index (Phi) is 6.41. The summed E-state index contributed by atoms with van der Waals surface area (Å²) in [4.78, 5) is 26.2. The van der Waals surface area contributed by atoms with Gasteiger partial charge in [0.1, 0.15) is 0 Å². The van der Waals surface area contributed by atoms with Gasteiger partial charge in [0.25, 0.3) is 5.91 Å². The smallest absolute Gasteiger partial charge is 0.416 e. The SMILES string of the molecule is C=C(C)C(=O)N(CCN(C)C)C(=O)OCC. The molecule has 0 unspecified atom stereocenters. The third kappa shape index (κ3) is 4.93. The molecule has 0 radical (unpaired) electrons. The second kappa shape index (κ2) is 7.00. The quantitative estimate of drug-likeness (QED) is 0.661. The van der Waals surface area contributed by atoms with Crippen LogP contribution in [0.1, 0.15) is 13.8 Å². The maximum atomic E-state index is 11.7. The summed E-state index contributed by atoms with van der Waals surface area (Å²) in [5.74, 6) is -0.389. The van der Waals surface area contributed by atoms with Crippen LogP contribution in [0.3, 0.4) is 0 Å². The minimum atomic E-state index is -0.614. The number of imide groups is 1. The molecule has 0 aliphatic heterocycles. The summed E-state index contributed by atoms with van der Waals surface area (Å²) in [7, 11) is 3.74. The van der Waals surface area contributed by atoms with E-state index in [2.05, 4.69) is 6.58 Å². The normalized spacial score (nSPS) is 10.1. The minimum Gasteiger partial charge on any atom is -0.449 e. The molecule has 16 heavy (non-hydrogen) atoms. The molecule has 0 aromatic rings. The van der Waals surface area contributed by atoms with Crippen molar-refractivity contribution in [2.24, 2.45) is 0 Å². The molecule has 0 atom stereocenters. The highest BCUT2D eigenvalue weighted by atomic mass is 16.6. The summed E-state index contributed by atoms with van der Waals surface area (Å²) in [6.45, 7) is 7.96. The number of nitrogens with zero attached hydrogens (tertiary/aromatic N) is 2. The molecule has 0 aliphatic carbocycles. The van der Waals surface area contributed by atoms with Crippen LogP contribution < -0.4 is 0 Å². The number of ether oxygens (including phenoxy) is 1. The Balaban J connectivity index is 4.56. The first-order chi connectivity index (χ1) is 7.40. The van der Waals surface area contributed by atoms with Crippen molar-refractivity contribution < 1.29 is 14.3 Å². The third-order valence-corrected chi connectivity index (χ3v) is 1.87. The molecular weight excluding hydrogens is 208 g/mol. The molecule has 2 amide bonds. The Morgan fingerprint density at radius 2 is 1.81 bits per heavy atom. The van der Waals surface area contributed by atoms with E-state index < -0.39 is 6.09 Å². The number of hydrogen-bond acceptors (Lipinski definition) is 4. The van der Waals surface area contributed by atoms with Crippen LogP contribution in [0, 0.1) is 0 Å². The van der Waals surface area contributed by atoms with E-state index in [1.54, 1.807) is 13.8 Å². The fourth-order valence-corrected chi connectivity index (χ4v) is 1.01. The van der Waals surface area contributed by atoms with E-state index in [1.807, 2.05) is 19.0 Å². The van der Waals surface area contributed by atoms with E-state index in [0.29, 0.717) is 18.7 Å².